The summed E-state index contributed by atoms with van der Waals surface area (Å²) in [5, 5.41) is 10.1. The summed E-state index contributed by atoms with van der Waals surface area (Å²) in [5.41, 5.74) is 1.04. The lowest BCUT2D eigenvalue weighted by Gasteiger charge is -2.09. The lowest BCUT2D eigenvalue weighted by Crippen LogP contribution is -2.33. The molecule has 0 fully saturated rings. The van der Waals surface area contributed by atoms with E-state index in [1.165, 1.54) is 6.20 Å². The number of nitrogens with one attached hydrogen (secondary N) is 2. The second-order valence-corrected chi connectivity index (χ2v) is 6.67. The maximum atomic E-state index is 12.3. The predicted octanol–water partition coefficient (Wildman–Crippen LogP) is 3.48. The molecule has 0 spiro atoms. The SMILES string of the molecule is CCOC(=O)c1ccc(NC(=S)NC(=O)c2ccc(Cn3cc(Cl)cn3)o2)cc1. The molecule has 0 saturated heterocycles. The smallest absolute Gasteiger partial charge is 0.338 e. The number of halogens is 1. The molecule has 0 radical (unpaired) electrons. The van der Waals surface area contributed by atoms with Gasteiger partial charge in [0.15, 0.2) is 10.9 Å². The van der Waals surface area contributed by atoms with Crippen molar-refractivity contribution in [3.8, 4) is 0 Å². The Hall–Kier alpha value is -3.17. The van der Waals surface area contributed by atoms with Crippen molar-refractivity contribution < 1.29 is 18.7 Å². The number of aromatic nitrogens is 2. The Morgan fingerprint density at radius 3 is 2.66 bits per heavy atom. The molecule has 8 nitrogen and oxygen atoms in total. The molecular weight excluding hydrogens is 416 g/mol. The van der Waals surface area contributed by atoms with Crippen molar-refractivity contribution in [3.63, 3.8) is 0 Å². The van der Waals surface area contributed by atoms with Crippen LogP contribution < -0.4 is 10.6 Å². The number of hydrogen-bond donors (Lipinski definition) is 2. The number of rotatable bonds is 6. The molecule has 0 unspecified atom stereocenters. The largest absolute Gasteiger partial charge is 0.462 e. The molecular formula is C19H17ClN4O4S. The van der Waals surface area contributed by atoms with Crippen molar-refractivity contribution in [1.29, 1.82) is 0 Å². The van der Waals surface area contributed by atoms with Crippen LogP contribution in [0.3, 0.4) is 0 Å². The first-order valence-electron chi connectivity index (χ1n) is 8.61. The fraction of sp³-hybridized carbons (Fsp3) is 0.158. The Morgan fingerprint density at radius 1 is 1.24 bits per heavy atom. The summed E-state index contributed by atoms with van der Waals surface area (Å²) in [6.45, 7) is 2.39. The van der Waals surface area contributed by atoms with Crippen LogP contribution in [0.2, 0.25) is 5.02 Å². The molecule has 150 valence electrons. The highest BCUT2D eigenvalue weighted by molar-refractivity contribution is 7.80. The number of nitrogens with zero attached hydrogens (tertiary/aromatic N) is 2. The standard InChI is InChI=1S/C19H17ClN4O4S/c1-2-27-18(26)12-3-5-14(6-4-12)22-19(29)23-17(25)16-8-7-15(28-16)11-24-10-13(20)9-21-24/h3-10H,2,11H2,1H3,(H2,22,23,25,29). The van der Waals surface area contributed by atoms with E-state index in [1.54, 1.807) is 54.2 Å². The van der Waals surface area contributed by atoms with E-state index < -0.39 is 11.9 Å². The number of amides is 1. The van der Waals surface area contributed by atoms with Crippen LogP contribution in [-0.4, -0.2) is 33.4 Å². The van der Waals surface area contributed by atoms with Gasteiger partial charge in [-0.1, -0.05) is 11.6 Å². The monoisotopic (exact) mass is 432 g/mol. The molecule has 3 aromatic rings. The molecule has 0 aliphatic carbocycles. The minimum atomic E-state index is -0.490. The topological polar surface area (TPSA) is 98.4 Å². The zero-order valence-electron chi connectivity index (χ0n) is 15.3. The van der Waals surface area contributed by atoms with Gasteiger partial charge in [-0.15, -0.1) is 0 Å². The van der Waals surface area contributed by atoms with Gasteiger partial charge in [0.05, 0.1) is 29.9 Å². The quantitative estimate of drug-likeness (QED) is 0.454. The molecule has 0 aliphatic heterocycles. The number of carbonyl (C=O) groups is 2. The van der Waals surface area contributed by atoms with E-state index in [9.17, 15) is 9.59 Å². The molecule has 0 bridgehead atoms. The molecule has 3 rings (SSSR count). The molecule has 2 N–H and O–H groups in total. The number of carbonyl (C=O) groups excluding carboxylic acids is 2. The highest BCUT2D eigenvalue weighted by Crippen LogP contribution is 2.13. The van der Waals surface area contributed by atoms with Crippen molar-refractivity contribution in [2.24, 2.45) is 0 Å². The number of esters is 1. The fourth-order valence-electron chi connectivity index (χ4n) is 2.40. The summed E-state index contributed by atoms with van der Waals surface area (Å²) in [6.07, 6.45) is 3.16. The van der Waals surface area contributed by atoms with E-state index in [4.69, 9.17) is 33.0 Å². The number of furan rings is 1. The van der Waals surface area contributed by atoms with E-state index in [-0.39, 0.29) is 10.9 Å². The van der Waals surface area contributed by atoms with E-state index >= 15 is 0 Å². The molecule has 0 atom stereocenters. The number of benzene rings is 1. The first-order chi connectivity index (χ1) is 13.9. The van der Waals surface area contributed by atoms with Gasteiger partial charge in [-0.25, -0.2) is 4.79 Å². The lowest BCUT2D eigenvalue weighted by molar-refractivity contribution is 0.0526. The number of ether oxygens (including phenoxy) is 1. The maximum Gasteiger partial charge on any atom is 0.338 e. The first-order valence-corrected chi connectivity index (χ1v) is 9.39. The molecule has 0 saturated carbocycles. The molecule has 10 heteroatoms. The fourth-order valence-corrected chi connectivity index (χ4v) is 2.77. The highest BCUT2D eigenvalue weighted by Gasteiger charge is 2.14. The summed E-state index contributed by atoms with van der Waals surface area (Å²) in [5.74, 6) is -0.236. The average molecular weight is 433 g/mol. The van der Waals surface area contributed by atoms with Gasteiger partial charge in [0, 0.05) is 11.9 Å². The van der Waals surface area contributed by atoms with Gasteiger partial charge in [0.1, 0.15) is 5.76 Å². The van der Waals surface area contributed by atoms with E-state index in [1.807, 2.05) is 0 Å². The normalized spacial score (nSPS) is 10.4. The van der Waals surface area contributed by atoms with Crippen LogP contribution in [0.1, 0.15) is 33.6 Å². The predicted molar refractivity (Wildman–Crippen MR) is 111 cm³/mol. The Labute approximate surface area is 176 Å². The van der Waals surface area contributed by atoms with Gasteiger partial charge in [-0.05, 0) is 55.5 Å². The molecule has 0 aliphatic rings. The second kappa shape index (κ2) is 9.35. The maximum absolute atomic E-state index is 12.3. The minimum Gasteiger partial charge on any atom is -0.462 e. The molecule has 1 amide bonds. The Bertz CT molecular complexity index is 1030. The van der Waals surface area contributed by atoms with Crippen LogP contribution in [0, 0.1) is 0 Å². The summed E-state index contributed by atoms with van der Waals surface area (Å²) in [4.78, 5) is 23.9. The van der Waals surface area contributed by atoms with Crippen molar-refractivity contribution in [1.82, 2.24) is 15.1 Å². The molecule has 1 aromatic carbocycles. The third-order valence-electron chi connectivity index (χ3n) is 3.69. The van der Waals surface area contributed by atoms with Gasteiger partial charge in [-0.3, -0.25) is 14.8 Å². The van der Waals surface area contributed by atoms with Crippen molar-refractivity contribution in [2.75, 3.05) is 11.9 Å². The molecule has 2 aromatic heterocycles. The van der Waals surface area contributed by atoms with Crippen molar-refractivity contribution in [3.05, 3.63) is 70.9 Å². The first kappa shape index (κ1) is 20.6. The summed E-state index contributed by atoms with van der Waals surface area (Å²) >= 11 is 11.0. The second-order valence-electron chi connectivity index (χ2n) is 5.83. The number of thiocarbonyl (C=S) groups is 1. The van der Waals surface area contributed by atoms with Gasteiger partial charge in [-0.2, -0.15) is 5.10 Å². The Morgan fingerprint density at radius 2 is 2.00 bits per heavy atom. The zero-order chi connectivity index (χ0) is 20.8. The summed E-state index contributed by atoms with van der Waals surface area (Å²) in [7, 11) is 0. The number of hydrogen-bond acceptors (Lipinski definition) is 6. The van der Waals surface area contributed by atoms with Crippen LogP contribution in [0.4, 0.5) is 5.69 Å². The van der Waals surface area contributed by atoms with Crippen LogP contribution in [-0.2, 0) is 11.3 Å². The van der Waals surface area contributed by atoms with Gasteiger partial charge >= 0.3 is 5.97 Å². The van der Waals surface area contributed by atoms with Crippen molar-refractivity contribution in [2.45, 2.75) is 13.5 Å². The molecule has 29 heavy (non-hydrogen) atoms. The Kier molecular flexibility index (Phi) is 6.63. The van der Waals surface area contributed by atoms with Gasteiger partial charge in [0.25, 0.3) is 5.91 Å². The van der Waals surface area contributed by atoms with Crippen LogP contribution >= 0.6 is 23.8 Å². The summed E-state index contributed by atoms with van der Waals surface area (Å²) in [6, 6.07) is 9.74. The highest BCUT2D eigenvalue weighted by atomic mass is 35.5. The van der Waals surface area contributed by atoms with Crippen LogP contribution in [0.5, 0.6) is 0 Å². The third kappa shape index (κ3) is 5.66. The Balaban J connectivity index is 1.54. The zero-order valence-corrected chi connectivity index (χ0v) is 16.9. The van der Waals surface area contributed by atoms with Gasteiger partial charge < -0.3 is 14.5 Å². The minimum absolute atomic E-state index is 0.0932. The number of anilines is 1. The van der Waals surface area contributed by atoms with E-state index in [0.29, 0.717) is 35.2 Å². The van der Waals surface area contributed by atoms with E-state index in [0.717, 1.165) is 0 Å². The van der Waals surface area contributed by atoms with Crippen LogP contribution in [0.15, 0.2) is 53.2 Å². The van der Waals surface area contributed by atoms with Crippen molar-refractivity contribution >= 4 is 46.5 Å². The average Bonchev–Trinajstić information content (AvgIpc) is 3.32. The third-order valence-corrected chi connectivity index (χ3v) is 4.09. The van der Waals surface area contributed by atoms with E-state index in [2.05, 4.69) is 15.7 Å². The van der Waals surface area contributed by atoms with Crippen LogP contribution in [0.25, 0.3) is 0 Å². The molecule has 2 heterocycles. The summed E-state index contributed by atoms with van der Waals surface area (Å²) < 4.78 is 12.0. The van der Waals surface area contributed by atoms with Gasteiger partial charge in [0.2, 0.25) is 0 Å². The lowest BCUT2D eigenvalue weighted by atomic mass is 10.2.